The van der Waals surface area contributed by atoms with E-state index in [1.165, 1.54) is 17.7 Å². The largest absolute Gasteiger partial charge is 0.379 e. The first-order valence-electron chi connectivity index (χ1n) is 9.75. The van der Waals surface area contributed by atoms with Crippen LogP contribution < -0.4 is 10.6 Å². The van der Waals surface area contributed by atoms with Gasteiger partial charge >= 0.3 is 0 Å². The molecule has 150 valence electrons. The zero-order chi connectivity index (χ0) is 19.0. The van der Waals surface area contributed by atoms with E-state index in [4.69, 9.17) is 21.3 Å². The number of hydrogen-bond donors (Lipinski definition) is 2. The summed E-state index contributed by atoms with van der Waals surface area (Å²) in [4.78, 5) is 11.7. The number of rotatable bonds is 7. The Morgan fingerprint density at radius 3 is 2.89 bits per heavy atom. The highest BCUT2D eigenvalue weighted by Crippen LogP contribution is 2.34. The number of nitrogens with one attached hydrogen (secondary N) is 2. The molecule has 6 nitrogen and oxygen atoms in total. The molecule has 1 aromatic rings. The van der Waals surface area contributed by atoms with Gasteiger partial charge in [0.15, 0.2) is 5.96 Å². The number of aromatic nitrogens is 1. The first-order valence-corrected chi connectivity index (χ1v) is 11.3. The highest BCUT2D eigenvalue weighted by Gasteiger charge is 2.40. The predicted molar refractivity (Wildman–Crippen MR) is 114 cm³/mol. The van der Waals surface area contributed by atoms with E-state index in [9.17, 15) is 0 Å². The number of guanidine groups is 1. The molecule has 0 aromatic carbocycles. The summed E-state index contributed by atoms with van der Waals surface area (Å²) in [6.07, 6.45) is 3.92. The van der Waals surface area contributed by atoms with Crippen molar-refractivity contribution in [2.24, 2.45) is 4.99 Å². The van der Waals surface area contributed by atoms with Gasteiger partial charge in [0, 0.05) is 38.1 Å². The Balaban J connectivity index is 1.57. The lowest BCUT2D eigenvalue weighted by Gasteiger charge is -2.42. The Morgan fingerprint density at radius 1 is 1.37 bits per heavy atom. The Kier molecular flexibility index (Phi) is 8.06. The van der Waals surface area contributed by atoms with Gasteiger partial charge in [0.25, 0.3) is 0 Å². The van der Waals surface area contributed by atoms with Gasteiger partial charge in [0.2, 0.25) is 0 Å². The minimum absolute atomic E-state index is 0.177. The fourth-order valence-electron chi connectivity index (χ4n) is 3.56. The molecule has 0 amide bonds. The molecule has 0 bridgehead atoms. The van der Waals surface area contributed by atoms with E-state index < -0.39 is 0 Å². The molecular formula is C19H30ClN5OS. The van der Waals surface area contributed by atoms with Crippen molar-refractivity contribution in [3.63, 3.8) is 0 Å². The van der Waals surface area contributed by atoms with Crippen molar-refractivity contribution < 1.29 is 4.74 Å². The lowest BCUT2D eigenvalue weighted by Crippen LogP contribution is -2.56. The maximum absolute atomic E-state index is 5.85. The van der Waals surface area contributed by atoms with Gasteiger partial charge < -0.3 is 15.4 Å². The highest BCUT2D eigenvalue weighted by molar-refractivity contribution is 7.99. The van der Waals surface area contributed by atoms with Gasteiger partial charge in [-0.25, -0.2) is 4.98 Å². The summed E-state index contributed by atoms with van der Waals surface area (Å²) in [6.45, 7) is 8.31. The van der Waals surface area contributed by atoms with Gasteiger partial charge in [-0.2, -0.15) is 11.8 Å². The van der Waals surface area contributed by atoms with Gasteiger partial charge in [0.1, 0.15) is 5.15 Å². The van der Waals surface area contributed by atoms with Crippen molar-refractivity contribution in [1.82, 2.24) is 20.5 Å². The van der Waals surface area contributed by atoms with Gasteiger partial charge in [-0.1, -0.05) is 17.7 Å². The number of aliphatic imine (C=N–C) groups is 1. The molecule has 1 unspecified atom stereocenters. The molecule has 1 aromatic heterocycles. The maximum Gasteiger partial charge on any atom is 0.191 e. The normalized spacial score (nSPS) is 24.1. The van der Waals surface area contributed by atoms with Crippen molar-refractivity contribution in [2.75, 3.05) is 57.4 Å². The van der Waals surface area contributed by atoms with E-state index in [1.807, 2.05) is 30.1 Å². The number of nitrogens with zero attached hydrogens (tertiary/aromatic N) is 3. The fraction of sp³-hybridized carbons (Fsp3) is 0.684. The summed E-state index contributed by atoms with van der Waals surface area (Å²) < 4.78 is 5.55. The summed E-state index contributed by atoms with van der Waals surface area (Å²) >= 11 is 7.89. The van der Waals surface area contributed by atoms with E-state index in [1.54, 1.807) is 0 Å². The molecule has 0 saturated carbocycles. The molecule has 27 heavy (non-hydrogen) atoms. The monoisotopic (exact) mass is 411 g/mol. The van der Waals surface area contributed by atoms with Crippen molar-refractivity contribution in [3.05, 3.63) is 29.0 Å². The lowest BCUT2D eigenvalue weighted by molar-refractivity contribution is -0.0104. The molecule has 2 aliphatic heterocycles. The molecule has 0 aliphatic carbocycles. The second-order valence-electron chi connectivity index (χ2n) is 6.99. The van der Waals surface area contributed by atoms with E-state index in [0.29, 0.717) is 5.15 Å². The maximum atomic E-state index is 5.85. The number of ether oxygens (including phenoxy) is 1. The average molecular weight is 412 g/mol. The Bertz CT molecular complexity index is 601. The van der Waals surface area contributed by atoms with E-state index >= 15 is 0 Å². The Hall–Kier alpha value is -1.02. The summed E-state index contributed by atoms with van der Waals surface area (Å²) in [7, 11) is 0. The Morgan fingerprint density at radius 2 is 2.22 bits per heavy atom. The molecule has 3 heterocycles. The predicted octanol–water partition coefficient (Wildman–Crippen LogP) is 2.04. The van der Waals surface area contributed by atoms with Crippen LogP contribution in [0.3, 0.4) is 0 Å². The van der Waals surface area contributed by atoms with Crippen molar-refractivity contribution in [2.45, 2.75) is 25.3 Å². The van der Waals surface area contributed by atoms with Gasteiger partial charge in [-0.05, 0) is 37.1 Å². The molecule has 0 spiro atoms. The van der Waals surface area contributed by atoms with Gasteiger partial charge in [0.05, 0.1) is 25.3 Å². The molecule has 2 fully saturated rings. The summed E-state index contributed by atoms with van der Waals surface area (Å²) in [6, 6.07) is 3.85. The Labute approximate surface area is 171 Å². The zero-order valence-corrected chi connectivity index (χ0v) is 17.6. The molecular weight excluding hydrogens is 382 g/mol. The van der Waals surface area contributed by atoms with Crippen LogP contribution in [0.15, 0.2) is 23.3 Å². The SMILES string of the molecule is CCNC(=NCC1(N2CCOCC2)CCSC1)NCCc1ccc(Cl)nc1. The molecule has 0 radical (unpaired) electrons. The number of hydrogen-bond acceptors (Lipinski definition) is 5. The van der Waals surface area contributed by atoms with E-state index in [-0.39, 0.29) is 5.54 Å². The molecule has 2 saturated heterocycles. The molecule has 1 atom stereocenters. The molecule has 2 N–H and O–H groups in total. The first-order chi connectivity index (χ1) is 13.2. The van der Waals surface area contributed by atoms with Crippen molar-refractivity contribution >= 4 is 29.3 Å². The third-order valence-electron chi connectivity index (χ3n) is 5.13. The lowest BCUT2D eigenvalue weighted by atomic mass is 9.96. The van der Waals surface area contributed by atoms with E-state index in [0.717, 1.165) is 64.1 Å². The minimum atomic E-state index is 0.177. The second kappa shape index (κ2) is 10.5. The molecule has 8 heteroatoms. The standard InChI is InChI=1S/C19H30ClN5OS/c1-2-21-18(22-7-5-16-3-4-17(20)23-13-16)24-14-19(6-12-27-15-19)25-8-10-26-11-9-25/h3-4,13H,2,5-12,14-15H2,1H3,(H2,21,22,24). The number of morpholine rings is 1. The van der Waals surface area contributed by atoms with Crippen molar-refractivity contribution in [3.8, 4) is 0 Å². The van der Waals surface area contributed by atoms with Crippen LogP contribution in [0.4, 0.5) is 0 Å². The van der Waals surface area contributed by atoms with Crippen LogP contribution in [0.1, 0.15) is 18.9 Å². The zero-order valence-electron chi connectivity index (χ0n) is 16.0. The van der Waals surface area contributed by atoms with Crippen LogP contribution in [-0.2, 0) is 11.2 Å². The topological polar surface area (TPSA) is 61.8 Å². The smallest absolute Gasteiger partial charge is 0.191 e. The van der Waals surface area contributed by atoms with Crippen LogP contribution >= 0.6 is 23.4 Å². The quantitative estimate of drug-likeness (QED) is 0.406. The number of thioether (sulfide) groups is 1. The summed E-state index contributed by atoms with van der Waals surface area (Å²) in [5, 5.41) is 7.36. The van der Waals surface area contributed by atoms with Crippen LogP contribution in [0, 0.1) is 0 Å². The summed E-state index contributed by atoms with van der Waals surface area (Å²) in [5.41, 5.74) is 1.34. The van der Waals surface area contributed by atoms with E-state index in [2.05, 4.69) is 27.4 Å². The third kappa shape index (κ3) is 5.98. The minimum Gasteiger partial charge on any atom is -0.379 e. The molecule has 3 rings (SSSR count). The van der Waals surface area contributed by atoms with Gasteiger partial charge in [-0.3, -0.25) is 9.89 Å². The van der Waals surface area contributed by atoms with Crippen LogP contribution in [0.25, 0.3) is 0 Å². The third-order valence-corrected chi connectivity index (χ3v) is 6.59. The first kappa shape index (κ1) is 20.7. The number of halogens is 1. The van der Waals surface area contributed by atoms with Gasteiger partial charge in [-0.15, -0.1) is 0 Å². The summed E-state index contributed by atoms with van der Waals surface area (Å²) in [5.74, 6) is 3.27. The van der Waals surface area contributed by atoms with Crippen LogP contribution in [0.5, 0.6) is 0 Å². The second-order valence-corrected chi connectivity index (χ2v) is 8.48. The average Bonchev–Trinajstić information content (AvgIpc) is 3.18. The van der Waals surface area contributed by atoms with Crippen LogP contribution in [0.2, 0.25) is 5.15 Å². The fourth-order valence-corrected chi connectivity index (χ4v) is 5.13. The van der Waals surface area contributed by atoms with Crippen molar-refractivity contribution in [1.29, 1.82) is 0 Å². The van der Waals surface area contributed by atoms with Crippen LogP contribution in [-0.4, -0.2) is 78.8 Å². The molecule has 2 aliphatic rings. The number of pyridine rings is 1. The highest BCUT2D eigenvalue weighted by atomic mass is 35.5.